The van der Waals surface area contributed by atoms with Crippen molar-refractivity contribution in [3.8, 4) is 5.75 Å². The van der Waals surface area contributed by atoms with Gasteiger partial charge in [0.05, 0.1) is 18.8 Å². The molecule has 8 heteroatoms. The Labute approximate surface area is 198 Å². The molecule has 1 aliphatic heterocycles. The molecule has 2 rings (SSSR count). The number of ether oxygens (including phenoxy) is 4. The minimum atomic E-state index is -1.45. The Morgan fingerprint density at radius 2 is 1.88 bits per heavy atom. The highest BCUT2D eigenvalue weighted by atomic mass is 16.6. The monoisotopic (exact) mass is 462 g/mol. The Balaban J connectivity index is 2.29. The highest BCUT2D eigenvalue weighted by Crippen LogP contribution is 2.41. The van der Waals surface area contributed by atoms with Crippen LogP contribution in [0.15, 0.2) is 35.6 Å². The van der Waals surface area contributed by atoms with E-state index >= 15 is 0 Å². The molecule has 0 aromatic heterocycles. The van der Waals surface area contributed by atoms with Gasteiger partial charge in [-0.1, -0.05) is 12.1 Å². The molecule has 0 fully saturated rings. The van der Waals surface area contributed by atoms with Crippen molar-refractivity contribution in [2.75, 3.05) is 14.2 Å². The zero-order valence-corrected chi connectivity index (χ0v) is 21.3. The van der Waals surface area contributed by atoms with E-state index in [1.807, 2.05) is 59.7 Å². The molecule has 0 aliphatic carbocycles. The summed E-state index contributed by atoms with van der Waals surface area (Å²) in [7, 11) is 3.35. The van der Waals surface area contributed by atoms with Crippen LogP contribution in [-0.4, -0.2) is 50.0 Å². The van der Waals surface area contributed by atoms with Gasteiger partial charge in [0.15, 0.2) is 0 Å². The Hall–Kier alpha value is -1.94. The molecule has 0 radical (unpaired) electrons. The summed E-state index contributed by atoms with van der Waals surface area (Å²) in [6.45, 7) is 11.9. The molecule has 33 heavy (non-hydrogen) atoms. The van der Waals surface area contributed by atoms with E-state index in [0.717, 1.165) is 28.2 Å². The van der Waals surface area contributed by atoms with Crippen molar-refractivity contribution in [3.05, 3.63) is 46.7 Å². The first kappa shape index (κ1) is 27.3. The Kier molecular flexibility index (Phi) is 8.73. The van der Waals surface area contributed by atoms with Crippen molar-refractivity contribution in [2.24, 2.45) is 22.9 Å². The third-order valence-corrected chi connectivity index (χ3v) is 6.09. The van der Waals surface area contributed by atoms with Crippen LogP contribution in [0.25, 0.3) is 5.57 Å². The van der Waals surface area contributed by atoms with E-state index < -0.39 is 17.4 Å². The van der Waals surface area contributed by atoms with Crippen LogP contribution < -0.4 is 27.7 Å². The summed E-state index contributed by atoms with van der Waals surface area (Å²) in [4.78, 5) is 0. The molecular formula is C25H42N4O4. The molecule has 0 amide bonds. The second-order valence-electron chi connectivity index (χ2n) is 9.39. The van der Waals surface area contributed by atoms with Gasteiger partial charge in [0, 0.05) is 25.1 Å². The lowest BCUT2D eigenvalue weighted by Crippen LogP contribution is -2.62. The molecule has 0 spiro atoms. The van der Waals surface area contributed by atoms with Gasteiger partial charge >= 0.3 is 0 Å². The average molecular weight is 463 g/mol. The van der Waals surface area contributed by atoms with E-state index in [9.17, 15) is 0 Å². The van der Waals surface area contributed by atoms with Crippen molar-refractivity contribution in [3.63, 3.8) is 0 Å². The maximum Gasteiger partial charge on any atom is 0.140 e. The second-order valence-corrected chi connectivity index (χ2v) is 9.39. The summed E-state index contributed by atoms with van der Waals surface area (Å²) in [5.41, 5.74) is 26.9. The molecule has 1 aromatic carbocycles. The molecule has 186 valence electrons. The number of nitrogens with two attached hydrogens (primary N) is 4. The summed E-state index contributed by atoms with van der Waals surface area (Å²) in [6.07, 6.45) is 1.63. The van der Waals surface area contributed by atoms with E-state index in [2.05, 4.69) is 0 Å². The Morgan fingerprint density at radius 3 is 2.36 bits per heavy atom. The first-order valence-electron chi connectivity index (χ1n) is 11.3. The van der Waals surface area contributed by atoms with Crippen LogP contribution in [0.5, 0.6) is 5.75 Å². The Morgan fingerprint density at radius 1 is 1.24 bits per heavy atom. The number of allylic oxidation sites excluding steroid dienone is 1. The topological polar surface area (TPSA) is 141 Å². The first-order chi connectivity index (χ1) is 15.3. The zero-order valence-electron chi connectivity index (χ0n) is 21.3. The lowest BCUT2D eigenvalue weighted by molar-refractivity contribution is -0.134. The van der Waals surface area contributed by atoms with Gasteiger partial charge in [-0.3, -0.25) is 17.2 Å². The van der Waals surface area contributed by atoms with Crippen LogP contribution in [0.3, 0.4) is 0 Å². The highest BCUT2D eigenvalue weighted by Gasteiger charge is 2.43. The van der Waals surface area contributed by atoms with E-state index in [1.54, 1.807) is 20.3 Å². The molecule has 0 saturated heterocycles. The molecule has 0 saturated carbocycles. The molecule has 8 N–H and O–H groups in total. The highest BCUT2D eigenvalue weighted by molar-refractivity contribution is 5.75. The molecular weight excluding hydrogens is 420 g/mol. The zero-order chi connectivity index (χ0) is 25.1. The first-order valence-corrected chi connectivity index (χ1v) is 11.3. The van der Waals surface area contributed by atoms with Gasteiger partial charge in [0.2, 0.25) is 0 Å². The smallest absolute Gasteiger partial charge is 0.140 e. The van der Waals surface area contributed by atoms with Crippen LogP contribution in [-0.2, 0) is 14.2 Å². The van der Waals surface area contributed by atoms with E-state index in [-0.39, 0.29) is 18.3 Å². The predicted octanol–water partition coefficient (Wildman–Crippen LogP) is 2.53. The second kappa shape index (κ2) is 10.5. The number of aryl methyl sites for hydroxylation is 1. The summed E-state index contributed by atoms with van der Waals surface area (Å²) < 4.78 is 23.9. The van der Waals surface area contributed by atoms with Gasteiger partial charge in [0.1, 0.15) is 29.5 Å². The van der Waals surface area contributed by atoms with Gasteiger partial charge in [-0.2, -0.15) is 0 Å². The van der Waals surface area contributed by atoms with E-state index in [0.29, 0.717) is 12.0 Å². The lowest BCUT2D eigenvalue weighted by Gasteiger charge is -2.43. The van der Waals surface area contributed by atoms with E-state index in [1.165, 1.54) is 0 Å². The summed E-state index contributed by atoms with van der Waals surface area (Å²) in [6, 6.07) is 5.58. The fourth-order valence-electron chi connectivity index (χ4n) is 4.78. The third-order valence-electron chi connectivity index (χ3n) is 6.09. The van der Waals surface area contributed by atoms with Crippen molar-refractivity contribution in [1.29, 1.82) is 0 Å². The van der Waals surface area contributed by atoms with Gasteiger partial charge in [-0.15, -0.1) is 0 Å². The quantitative estimate of drug-likeness (QED) is 0.324. The van der Waals surface area contributed by atoms with Crippen LogP contribution in [0.1, 0.15) is 52.2 Å². The third kappa shape index (κ3) is 6.15. The number of hydrogen-bond donors (Lipinski definition) is 4. The molecule has 1 aliphatic rings. The van der Waals surface area contributed by atoms with Gasteiger partial charge in [-0.25, -0.2) is 0 Å². The van der Waals surface area contributed by atoms with Crippen molar-refractivity contribution in [2.45, 2.75) is 83.7 Å². The maximum absolute atomic E-state index is 6.29. The lowest BCUT2D eigenvalue weighted by atomic mass is 9.83. The van der Waals surface area contributed by atoms with Gasteiger partial charge in [0.25, 0.3) is 0 Å². The SMILES string of the molecule is C/C=C(\[C@@H](N)C[C@H](C)Oc1ccc(C2=C(OC)C(C)OC(C)(C)[C@H]2OC)c(C)c1)C(N)(N)N. The minimum absolute atomic E-state index is 0.176. The Bertz CT molecular complexity index is 889. The summed E-state index contributed by atoms with van der Waals surface area (Å²) in [5.74, 6) is 0.0567. The van der Waals surface area contributed by atoms with Crippen LogP contribution in [0.4, 0.5) is 0 Å². The average Bonchev–Trinajstić information content (AvgIpc) is 2.66. The fraction of sp³-hybridized carbons (Fsp3) is 0.600. The molecule has 1 aromatic rings. The van der Waals surface area contributed by atoms with Crippen LogP contribution in [0.2, 0.25) is 0 Å². The maximum atomic E-state index is 6.29. The van der Waals surface area contributed by atoms with Crippen molar-refractivity contribution < 1.29 is 18.9 Å². The predicted molar refractivity (Wildman–Crippen MR) is 132 cm³/mol. The number of methoxy groups -OCH3 is 2. The molecule has 1 heterocycles. The molecule has 4 atom stereocenters. The largest absolute Gasteiger partial charge is 0.498 e. The van der Waals surface area contributed by atoms with Crippen LogP contribution >= 0.6 is 0 Å². The van der Waals surface area contributed by atoms with Crippen molar-refractivity contribution >= 4 is 5.57 Å². The van der Waals surface area contributed by atoms with Crippen molar-refractivity contribution in [1.82, 2.24) is 0 Å². The van der Waals surface area contributed by atoms with Gasteiger partial charge < -0.3 is 24.7 Å². The number of hydrogen-bond acceptors (Lipinski definition) is 8. The molecule has 0 bridgehead atoms. The molecule has 1 unspecified atom stereocenters. The fourth-order valence-corrected chi connectivity index (χ4v) is 4.78. The minimum Gasteiger partial charge on any atom is -0.498 e. The number of benzene rings is 1. The summed E-state index contributed by atoms with van der Waals surface area (Å²) in [5, 5.41) is 0. The van der Waals surface area contributed by atoms with Gasteiger partial charge in [-0.05, 0) is 70.4 Å². The normalized spacial score (nSPS) is 23.3. The standard InChI is InChI=1S/C25H42N4O4/c1-9-19(25(27,28)29)20(26)13-15(3)32-17-10-11-18(14(2)12-17)21-22(30-7)16(4)33-24(5,6)23(21)31-8/h9-12,15-16,20,23H,13,26-29H2,1-8H3/b19-9+/t15-,16?,20-,23-/m0/s1. The molecule has 8 nitrogen and oxygen atoms in total. The summed E-state index contributed by atoms with van der Waals surface area (Å²) >= 11 is 0. The van der Waals surface area contributed by atoms with Crippen LogP contribution in [0, 0.1) is 6.92 Å². The number of rotatable bonds is 9. The van der Waals surface area contributed by atoms with E-state index in [4.69, 9.17) is 41.9 Å².